The van der Waals surface area contributed by atoms with Gasteiger partial charge in [-0.1, -0.05) is 25.0 Å². The maximum Gasteiger partial charge on any atom is 0.395 e. The van der Waals surface area contributed by atoms with Gasteiger partial charge in [0.2, 0.25) is 0 Å². The average molecular weight is 438 g/mol. The van der Waals surface area contributed by atoms with Crippen LogP contribution in [-0.2, 0) is 11.2 Å². The topological polar surface area (TPSA) is 29.5 Å². The van der Waals surface area contributed by atoms with Gasteiger partial charge in [0.05, 0.1) is 6.61 Å². The van der Waals surface area contributed by atoms with Crippen molar-refractivity contribution in [3.05, 3.63) is 29.3 Å². The third kappa shape index (κ3) is 6.24. The number of nitrogens with zero attached hydrogens (tertiary/aromatic N) is 1. The largest absolute Gasteiger partial charge is 0.493 e. The Kier molecular flexibility index (Phi) is 7.25. The number of fused-ring (bicyclic) bond motifs is 1. The van der Waals surface area contributed by atoms with Crippen LogP contribution in [0.4, 0.5) is 13.2 Å². The molecule has 1 saturated carbocycles. The highest BCUT2D eigenvalue weighted by molar-refractivity contribution is 5.79. The first-order chi connectivity index (χ1) is 14.9. The van der Waals surface area contributed by atoms with E-state index in [1.54, 1.807) is 0 Å². The fourth-order valence-corrected chi connectivity index (χ4v) is 5.81. The van der Waals surface area contributed by atoms with Gasteiger partial charge in [0, 0.05) is 18.4 Å². The molecule has 0 bridgehead atoms. The molecule has 0 atom stereocenters. The Bertz CT molecular complexity index is 748. The fraction of sp³-hybridized carbons (Fsp3) is 0.720. The molecule has 172 valence electrons. The second-order valence-corrected chi connectivity index (χ2v) is 9.75. The van der Waals surface area contributed by atoms with Crippen LogP contribution in [-0.4, -0.2) is 43.1 Å². The SMILES string of the molecule is O=C(CC1CCC(CCN2CCC(c3cccc4c3CCO4)CC2)CC1)CC(F)(F)F. The van der Waals surface area contributed by atoms with Crippen molar-refractivity contribution in [2.45, 2.75) is 76.3 Å². The lowest BCUT2D eigenvalue weighted by Gasteiger charge is -2.35. The summed E-state index contributed by atoms with van der Waals surface area (Å²) in [5, 5.41) is 0. The lowest BCUT2D eigenvalue weighted by Crippen LogP contribution is -2.35. The normalized spacial score (nSPS) is 25.3. The summed E-state index contributed by atoms with van der Waals surface area (Å²) in [6.45, 7) is 4.20. The maximum atomic E-state index is 12.3. The summed E-state index contributed by atoms with van der Waals surface area (Å²) in [6.07, 6.45) is 2.99. The molecule has 3 aliphatic rings. The number of ketones is 1. The van der Waals surface area contributed by atoms with Gasteiger partial charge in [-0.3, -0.25) is 4.79 Å². The molecule has 0 amide bonds. The van der Waals surface area contributed by atoms with Crippen molar-refractivity contribution < 1.29 is 22.7 Å². The monoisotopic (exact) mass is 437 g/mol. The maximum absolute atomic E-state index is 12.3. The minimum atomic E-state index is -4.37. The number of likely N-dealkylation sites (tertiary alicyclic amines) is 1. The zero-order valence-corrected chi connectivity index (χ0v) is 18.3. The fourth-order valence-electron chi connectivity index (χ4n) is 5.81. The molecule has 0 unspecified atom stereocenters. The number of rotatable bonds is 7. The Morgan fingerprint density at radius 1 is 1.03 bits per heavy atom. The first-order valence-corrected chi connectivity index (χ1v) is 11.9. The van der Waals surface area contributed by atoms with E-state index in [2.05, 4.69) is 23.1 Å². The van der Waals surface area contributed by atoms with E-state index in [0.717, 1.165) is 64.1 Å². The van der Waals surface area contributed by atoms with Crippen LogP contribution in [0.5, 0.6) is 5.75 Å². The van der Waals surface area contributed by atoms with E-state index in [-0.39, 0.29) is 12.3 Å². The van der Waals surface area contributed by atoms with Crippen molar-refractivity contribution in [3.63, 3.8) is 0 Å². The summed E-state index contributed by atoms with van der Waals surface area (Å²) >= 11 is 0. The molecule has 2 fully saturated rings. The molecule has 1 aliphatic carbocycles. The van der Waals surface area contributed by atoms with E-state index in [9.17, 15) is 18.0 Å². The Hall–Kier alpha value is -1.56. The van der Waals surface area contributed by atoms with Crippen LogP contribution in [0.25, 0.3) is 0 Å². The quantitative estimate of drug-likeness (QED) is 0.531. The average Bonchev–Trinajstić information content (AvgIpc) is 3.21. The van der Waals surface area contributed by atoms with Crippen LogP contribution in [0.15, 0.2) is 18.2 Å². The summed E-state index contributed by atoms with van der Waals surface area (Å²) in [6, 6.07) is 6.49. The summed E-state index contributed by atoms with van der Waals surface area (Å²) in [7, 11) is 0. The molecule has 31 heavy (non-hydrogen) atoms. The molecule has 4 rings (SSSR count). The molecule has 0 N–H and O–H groups in total. The molecule has 1 aromatic carbocycles. The summed E-state index contributed by atoms with van der Waals surface area (Å²) in [4.78, 5) is 14.2. The van der Waals surface area contributed by atoms with Gasteiger partial charge in [0.15, 0.2) is 0 Å². The van der Waals surface area contributed by atoms with E-state index in [0.29, 0.717) is 11.8 Å². The van der Waals surface area contributed by atoms with E-state index in [1.165, 1.54) is 30.4 Å². The Morgan fingerprint density at radius 2 is 1.74 bits per heavy atom. The number of carbonyl (C=O) groups is 1. The van der Waals surface area contributed by atoms with Crippen LogP contribution < -0.4 is 4.74 Å². The predicted octanol–water partition coefficient (Wildman–Crippen LogP) is 5.91. The zero-order chi connectivity index (χ0) is 21.8. The van der Waals surface area contributed by atoms with Gasteiger partial charge >= 0.3 is 6.18 Å². The first-order valence-electron chi connectivity index (χ1n) is 11.9. The molecule has 1 saturated heterocycles. The second-order valence-electron chi connectivity index (χ2n) is 9.75. The van der Waals surface area contributed by atoms with Crippen molar-refractivity contribution in [3.8, 4) is 5.75 Å². The van der Waals surface area contributed by atoms with Gasteiger partial charge in [-0.05, 0) is 81.1 Å². The van der Waals surface area contributed by atoms with Crippen molar-refractivity contribution >= 4 is 5.78 Å². The summed E-state index contributed by atoms with van der Waals surface area (Å²) in [5.74, 6) is 1.88. The standard InChI is InChI=1S/C25H34F3NO2/c26-25(27,28)17-21(30)16-19-6-4-18(5-7-19)8-12-29-13-9-20(10-14-29)22-2-1-3-24-23(22)11-15-31-24/h1-3,18-20H,4-17H2. The highest BCUT2D eigenvalue weighted by atomic mass is 19.4. The highest BCUT2D eigenvalue weighted by Gasteiger charge is 2.33. The number of benzene rings is 1. The minimum absolute atomic E-state index is 0.105. The van der Waals surface area contributed by atoms with Gasteiger partial charge in [0.1, 0.15) is 18.0 Å². The first kappa shape index (κ1) is 22.6. The number of carbonyl (C=O) groups excluding carboxylic acids is 1. The van der Waals surface area contributed by atoms with Crippen LogP contribution in [0.3, 0.4) is 0 Å². The highest BCUT2D eigenvalue weighted by Crippen LogP contribution is 2.38. The molecule has 2 aliphatic heterocycles. The van der Waals surface area contributed by atoms with E-state index < -0.39 is 18.4 Å². The van der Waals surface area contributed by atoms with Crippen LogP contribution in [0, 0.1) is 11.8 Å². The predicted molar refractivity (Wildman–Crippen MR) is 114 cm³/mol. The second kappa shape index (κ2) is 9.93. The van der Waals surface area contributed by atoms with Crippen molar-refractivity contribution in [1.82, 2.24) is 4.90 Å². The minimum Gasteiger partial charge on any atom is -0.493 e. The summed E-state index contributed by atoms with van der Waals surface area (Å²) in [5.41, 5.74) is 2.92. The number of hydrogen-bond donors (Lipinski definition) is 0. The van der Waals surface area contributed by atoms with E-state index >= 15 is 0 Å². The Morgan fingerprint density at radius 3 is 2.45 bits per heavy atom. The van der Waals surface area contributed by atoms with Gasteiger partial charge in [-0.2, -0.15) is 13.2 Å². The molecular formula is C25H34F3NO2. The third-order valence-corrected chi connectivity index (χ3v) is 7.54. The zero-order valence-electron chi connectivity index (χ0n) is 18.3. The number of piperidine rings is 1. The molecule has 2 heterocycles. The van der Waals surface area contributed by atoms with E-state index in [1.807, 2.05) is 0 Å². The molecule has 1 aromatic rings. The molecular weight excluding hydrogens is 403 g/mol. The smallest absolute Gasteiger partial charge is 0.395 e. The third-order valence-electron chi connectivity index (χ3n) is 7.54. The number of halogens is 3. The molecule has 6 heteroatoms. The van der Waals surface area contributed by atoms with Crippen LogP contribution in [0.1, 0.15) is 74.8 Å². The number of alkyl halides is 3. The van der Waals surface area contributed by atoms with E-state index in [4.69, 9.17) is 4.74 Å². The van der Waals surface area contributed by atoms with Gasteiger partial charge in [0.25, 0.3) is 0 Å². The molecule has 0 radical (unpaired) electrons. The van der Waals surface area contributed by atoms with Crippen LogP contribution >= 0.6 is 0 Å². The van der Waals surface area contributed by atoms with Crippen molar-refractivity contribution in [2.24, 2.45) is 11.8 Å². The number of ether oxygens (including phenoxy) is 1. The lowest BCUT2D eigenvalue weighted by molar-refractivity contribution is -0.153. The van der Waals surface area contributed by atoms with Crippen molar-refractivity contribution in [1.29, 1.82) is 0 Å². The molecule has 3 nitrogen and oxygen atoms in total. The molecule has 0 aromatic heterocycles. The van der Waals surface area contributed by atoms with Gasteiger partial charge in [-0.15, -0.1) is 0 Å². The van der Waals surface area contributed by atoms with Crippen molar-refractivity contribution in [2.75, 3.05) is 26.2 Å². The summed E-state index contributed by atoms with van der Waals surface area (Å²) < 4.78 is 42.8. The number of Topliss-reactive ketones (excluding diaryl/α,β-unsaturated/α-hetero) is 1. The van der Waals surface area contributed by atoms with Gasteiger partial charge < -0.3 is 9.64 Å². The lowest BCUT2D eigenvalue weighted by atomic mass is 9.78. The van der Waals surface area contributed by atoms with Gasteiger partial charge in [-0.25, -0.2) is 0 Å². The number of hydrogen-bond acceptors (Lipinski definition) is 3. The van der Waals surface area contributed by atoms with Crippen LogP contribution in [0.2, 0.25) is 0 Å². The Labute approximate surface area is 183 Å². The Balaban J connectivity index is 1.15. The molecule has 0 spiro atoms.